The SMILES string of the molecule is Cc1cccc(COc2ccccc2CN(CC[C@H](N)C(=O)O)Cc2cc3c(cc2OCc2cccc(C)c2)NCCC3)c1. The number of carboxylic acid groups (broad SMARTS) is 1. The van der Waals surface area contributed by atoms with Crippen molar-refractivity contribution in [3.63, 3.8) is 0 Å². The second-order valence-electron chi connectivity index (χ2n) is 11.8. The molecule has 7 nitrogen and oxygen atoms in total. The Morgan fingerprint density at radius 2 is 1.52 bits per heavy atom. The first kappa shape index (κ1) is 31.1. The molecular formula is C37H43N3O4. The maximum Gasteiger partial charge on any atom is 0.320 e. The molecule has 0 spiro atoms. The molecule has 5 rings (SSSR count). The van der Waals surface area contributed by atoms with Crippen molar-refractivity contribution in [1.29, 1.82) is 0 Å². The predicted octanol–water partition coefficient (Wildman–Crippen LogP) is 6.62. The first-order valence-electron chi connectivity index (χ1n) is 15.4. The van der Waals surface area contributed by atoms with Gasteiger partial charge in [0.15, 0.2) is 0 Å². The summed E-state index contributed by atoms with van der Waals surface area (Å²) in [5.74, 6) is 0.650. The Labute approximate surface area is 260 Å². The van der Waals surface area contributed by atoms with Crippen LogP contribution in [0.15, 0.2) is 84.9 Å². The fourth-order valence-corrected chi connectivity index (χ4v) is 5.65. The van der Waals surface area contributed by atoms with Gasteiger partial charge in [-0.15, -0.1) is 0 Å². The number of aliphatic carboxylic acids is 1. The van der Waals surface area contributed by atoms with Crippen LogP contribution >= 0.6 is 0 Å². The smallest absolute Gasteiger partial charge is 0.320 e. The first-order chi connectivity index (χ1) is 21.3. The van der Waals surface area contributed by atoms with E-state index in [2.05, 4.69) is 84.7 Å². The van der Waals surface area contributed by atoms with E-state index in [1.807, 2.05) is 24.3 Å². The van der Waals surface area contributed by atoms with Gasteiger partial charge in [0.2, 0.25) is 0 Å². The van der Waals surface area contributed by atoms with Crippen molar-refractivity contribution in [3.8, 4) is 11.5 Å². The second kappa shape index (κ2) is 14.9. The van der Waals surface area contributed by atoms with Crippen molar-refractivity contribution < 1.29 is 19.4 Å². The first-order valence-corrected chi connectivity index (χ1v) is 15.4. The van der Waals surface area contributed by atoms with Gasteiger partial charge in [-0.1, -0.05) is 77.9 Å². The summed E-state index contributed by atoms with van der Waals surface area (Å²) in [4.78, 5) is 13.8. The summed E-state index contributed by atoms with van der Waals surface area (Å²) in [6.45, 7) is 7.70. The zero-order chi connectivity index (χ0) is 30.9. The molecule has 4 aromatic carbocycles. The van der Waals surface area contributed by atoms with Gasteiger partial charge in [-0.2, -0.15) is 0 Å². The number of carbonyl (C=O) groups is 1. The molecule has 0 amide bonds. The maximum absolute atomic E-state index is 11.6. The molecule has 0 saturated heterocycles. The number of hydrogen-bond donors (Lipinski definition) is 3. The summed E-state index contributed by atoms with van der Waals surface area (Å²) < 4.78 is 12.8. The molecule has 0 radical (unpaired) electrons. The average molecular weight is 594 g/mol. The van der Waals surface area contributed by atoms with E-state index < -0.39 is 12.0 Å². The molecule has 44 heavy (non-hydrogen) atoms. The Morgan fingerprint density at radius 1 is 0.864 bits per heavy atom. The number of nitrogens with zero attached hydrogens (tertiary/aromatic N) is 1. The van der Waals surface area contributed by atoms with Gasteiger partial charge in [-0.05, 0) is 61.9 Å². The number of hydrogen-bond acceptors (Lipinski definition) is 6. The summed E-state index contributed by atoms with van der Waals surface area (Å²) in [7, 11) is 0. The molecule has 7 heteroatoms. The monoisotopic (exact) mass is 593 g/mol. The minimum atomic E-state index is -0.992. The number of anilines is 1. The number of carboxylic acids is 1. The molecular weight excluding hydrogens is 550 g/mol. The number of rotatable bonds is 14. The third-order valence-corrected chi connectivity index (χ3v) is 8.01. The Balaban J connectivity index is 1.40. The third kappa shape index (κ3) is 8.62. The Bertz CT molecular complexity index is 1570. The molecule has 0 unspecified atom stereocenters. The van der Waals surface area contributed by atoms with Crippen molar-refractivity contribution >= 4 is 11.7 Å². The number of para-hydroxylation sites is 1. The molecule has 0 aliphatic carbocycles. The molecule has 0 aromatic heterocycles. The number of nitrogens with one attached hydrogen (secondary N) is 1. The molecule has 1 atom stereocenters. The van der Waals surface area contributed by atoms with Gasteiger partial charge in [0, 0.05) is 49.1 Å². The minimum Gasteiger partial charge on any atom is -0.489 e. The largest absolute Gasteiger partial charge is 0.489 e. The molecule has 230 valence electrons. The quantitative estimate of drug-likeness (QED) is 0.151. The number of benzene rings is 4. The van der Waals surface area contributed by atoms with Crippen molar-refractivity contribution in [2.24, 2.45) is 5.73 Å². The van der Waals surface area contributed by atoms with Crippen molar-refractivity contribution in [2.45, 2.75) is 65.5 Å². The van der Waals surface area contributed by atoms with Gasteiger partial charge in [0.05, 0.1) is 0 Å². The van der Waals surface area contributed by atoms with Gasteiger partial charge in [0.25, 0.3) is 0 Å². The van der Waals surface area contributed by atoms with Crippen LogP contribution in [-0.4, -0.2) is 35.1 Å². The molecule has 1 aliphatic heterocycles. The molecule has 1 heterocycles. The second-order valence-corrected chi connectivity index (χ2v) is 11.8. The Morgan fingerprint density at radius 3 is 2.20 bits per heavy atom. The van der Waals surface area contributed by atoms with Gasteiger partial charge < -0.3 is 25.6 Å². The molecule has 4 aromatic rings. The van der Waals surface area contributed by atoms with E-state index in [0.29, 0.717) is 39.3 Å². The third-order valence-electron chi connectivity index (χ3n) is 8.01. The number of aryl methyl sites for hydroxylation is 3. The predicted molar refractivity (Wildman–Crippen MR) is 175 cm³/mol. The van der Waals surface area contributed by atoms with Crippen LogP contribution in [0, 0.1) is 13.8 Å². The van der Waals surface area contributed by atoms with Crippen LogP contribution in [0.4, 0.5) is 5.69 Å². The van der Waals surface area contributed by atoms with E-state index in [1.54, 1.807) is 0 Å². The average Bonchev–Trinajstić information content (AvgIpc) is 3.02. The lowest BCUT2D eigenvalue weighted by atomic mass is 9.99. The molecule has 0 bridgehead atoms. The van der Waals surface area contributed by atoms with E-state index in [9.17, 15) is 9.90 Å². The lowest BCUT2D eigenvalue weighted by Gasteiger charge is -2.27. The zero-order valence-corrected chi connectivity index (χ0v) is 25.7. The highest BCUT2D eigenvalue weighted by molar-refractivity contribution is 5.73. The van der Waals surface area contributed by atoms with Crippen LogP contribution in [0.25, 0.3) is 0 Å². The molecule has 4 N–H and O–H groups in total. The number of ether oxygens (including phenoxy) is 2. The van der Waals surface area contributed by atoms with Crippen molar-refractivity contribution in [1.82, 2.24) is 4.90 Å². The van der Waals surface area contributed by atoms with Gasteiger partial charge >= 0.3 is 5.97 Å². The van der Waals surface area contributed by atoms with E-state index in [1.165, 1.54) is 16.7 Å². The van der Waals surface area contributed by atoms with Gasteiger partial charge in [-0.25, -0.2) is 0 Å². The summed E-state index contributed by atoms with van der Waals surface area (Å²) >= 11 is 0. The lowest BCUT2D eigenvalue weighted by Crippen LogP contribution is -2.35. The van der Waals surface area contributed by atoms with Crippen LogP contribution < -0.4 is 20.5 Å². The summed E-state index contributed by atoms with van der Waals surface area (Å²) in [5, 5.41) is 13.0. The number of fused-ring (bicyclic) bond motifs is 1. The highest BCUT2D eigenvalue weighted by Gasteiger charge is 2.20. The van der Waals surface area contributed by atoms with Crippen molar-refractivity contribution in [2.75, 3.05) is 18.4 Å². The Kier molecular flexibility index (Phi) is 10.5. The molecule has 1 aliphatic rings. The van der Waals surface area contributed by atoms with E-state index in [4.69, 9.17) is 15.2 Å². The standard InChI is InChI=1S/C37H43N3O4/c1-26-8-5-10-28(18-26)24-43-35-14-4-3-12-31(35)22-40(17-15-33(38)37(41)42)23-32-20-30-13-7-16-39-34(30)21-36(32)44-25-29-11-6-9-27(2)19-29/h3-6,8-12,14,18-21,33,39H,7,13,15-17,22-25,38H2,1-2H3,(H,41,42)/t33-/m0/s1. The van der Waals surface area contributed by atoms with Crippen molar-refractivity contribution in [3.05, 3.63) is 124 Å². The lowest BCUT2D eigenvalue weighted by molar-refractivity contribution is -0.138. The van der Waals surface area contributed by atoms with Crippen LogP contribution in [-0.2, 0) is 37.5 Å². The topological polar surface area (TPSA) is 97.1 Å². The van der Waals surface area contributed by atoms with Crippen LogP contribution in [0.1, 0.15) is 51.8 Å². The van der Waals surface area contributed by atoms with Crippen LogP contribution in [0.2, 0.25) is 0 Å². The molecule has 0 saturated carbocycles. The highest BCUT2D eigenvalue weighted by Crippen LogP contribution is 2.33. The summed E-state index contributed by atoms with van der Waals surface area (Å²) in [6.07, 6.45) is 2.42. The van der Waals surface area contributed by atoms with Crippen LogP contribution in [0.3, 0.4) is 0 Å². The van der Waals surface area contributed by atoms with E-state index in [0.717, 1.165) is 58.8 Å². The minimum absolute atomic E-state index is 0.327. The van der Waals surface area contributed by atoms with Gasteiger partial charge in [0.1, 0.15) is 30.8 Å². The fraction of sp³-hybridized carbons (Fsp3) is 0.324. The van der Waals surface area contributed by atoms with E-state index >= 15 is 0 Å². The fourth-order valence-electron chi connectivity index (χ4n) is 5.65. The summed E-state index contributed by atoms with van der Waals surface area (Å²) in [6, 6.07) is 28.2. The van der Waals surface area contributed by atoms with Crippen LogP contribution in [0.5, 0.6) is 11.5 Å². The normalized spacial score (nSPS) is 13.2. The van der Waals surface area contributed by atoms with E-state index in [-0.39, 0.29) is 0 Å². The summed E-state index contributed by atoms with van der Waals surface area (Å²) in [5.41, 5.74) is 15.1. The maximum atomic E-state index is 11.6. The molecule has 0 fully saturated rings. The number of nitrogens with two attached hydrogens (primary N) is 1. The van der Waals surface area contributed by atoms with Gasteiger partial charge in [-0.3, -0.25) is 9.69 Å². The highest BCUT2D eigenvalue weighted by atomic mass is 16.5. The zero-order valence-electron chi connectivity index (χ0n) is 25.7. The Hall–Kier alpha value is -4.33.